The molecule has 6 heteroatoms. The van der Waals surface area contributed by atoms with Gasteiger partial charge in [0, 0.05) is 7.05 Å². The van der Waals surface area contributed by atoms with Crippen molar-refractivity contribution >= 4 is 16.9 Å². The third-order valence-electron chi connectivity index (χ3n) is 4.97. The lowest BCUT2D eigenvalue weighted by Gasteiger charge is -2.28. The van der Waals surface area contributed by atoms with E-state index in [9.17, 15) is 4.79 Å². The van der Waals surface area contributed by atoms with Crippen LogP contribution in [-0.2, 0) is 17.8 Å². The van der Waals surface area contributed by atoms with E-state index in [1.165, 1.54) is 5.56 Å². The highest BCUT2D eigenvalue weighted by molar-refractivity contribution is 5.80. The highest BCUT2D eigenvalue weighted by atomic mass is 16.5. The van der Waals surface area contributed by atoms with Crippen LogP contribution in [0.25, 0.3) is 11.0 Å². The molecule has 1 N–H and O–H groups in total. The highest BCUT2D eigenvalue weighted by Crippen LogP contribution is 2.36. The molecule has 1 aromatic heterocycles. The molecule has 1 atom stereocenters. The summed E-state index contributed by atoms with van der Waals surface area (Å²) in [6, 6.07) is 11.9. The molecule has 3 aromatic rings. The molecule has 0 aliphatic carbocycles. The van der Waals surface area contributed by atoms with Crippen LogP contribution in [0.15, 0.2) is 36.4 Å². The SMILES string of the molecule is COc1cccc2c1OC[C@H](C(=O)N(C)Cc1nc3ccc(C)cc3[nH]1)C2. The van der Waals surface area contributed by atoms with Gasteiger partial charge in [0.05, 0.1) is 30.6 Å². The smallest absolute Gasteiger partial charge is 0.229 e. The second-order valence-corrected chi connectivity index (χ2v) is 7.06. The minimum absolute atomic E-state index is 0.0557. The van der Waals surface area contributed by atoms with E-state index in [2.05, 4.69) is 16.0 Å². The number of aryl methyl sites for hydroxylation is 1. The largest absolute Gasteiger partial charge is 0.493 e. The molecule has 0 bridgehead atoms. The highest BCUT2D eigenvalue weighted by Gasteiger charge is 2.30. The number of hydrogen-bond donors (Lipinski definition) is 1. The number of fused-ring (bicyclic) bond motifs is 2. The average Bonchev–Trinajstić information content (AvgIpc) is 3.07. The Morgan fingerprint density at radius 3 is 3.04 bits per heavy atom. The van der Waals surface area contributed by atoms with E-state index in [0.29, 0.717) is 25.3 Å². The number of imidazole rings is 1. The molecule has 1 aliphatic rings. The predicted molar refractivity (Wildman–Crippen MR) is 103 cm³/mol. The Balaban J connectivity index is 1.47. The lowest BCUT2D eigenvalue weighted by molar-refractivity contribution is -0.136. The Kier molecular flexibility index (Phi) is 4.48. The van der Waals surface area contributed by atoms with Gasteiger partial charge in [-0.25, -0.2) is 4.98 Å². The van der Waals surface area contributed by atoms with Crippen molar-refractivity contribution in [1.82, 2.24) is 14.9 Å². The van der Waals surface area contributed by atoms with Crippen LogP contribution in [0, 0.1) is 12.8 Å². The van der Waals surface area contributed by atoms with Crippen LogP contribution in [-0.4, -0.2) is 41.5 Å². The summed E-state index contributed by atoms with van der Waals surface area (Å²) >= 11 is 0. The molecule has 6 nitrogen and oxygen atoms in total. The Labute approximate surface area is 158 Å². The van der Waals surface area contributed by atoms with Gasteiger partial charge >= 0.3 is 0 Å². The van der Waals surface area contributed by atoms with E-state index in [1.54, 1.807) is 12.0 Å². The molecule has 0 unspecified atom stereocenters. The number of methoxy groups -OCH3 is 1. The van der Waals surface area contributed by atoms with Crippen molar-refractivity contribution in [2.24, 2.45) is 5.92 Å². The van der Waals surface area contributed by atoms with Gasteiger partial charge in [-0.05, 0) is 42.7 Å². The number of hydrogen-bond acceptors (Lipinski definition) is 4. The lowest BCUT2D eigenvalue weighted by atomic mass is 9.95. The second-order valence-electron chi connectivity index (χ2n) is 7.06. The average molecular weight is 365 g/mol. The van der Waals surface area contributed by atoms with Crippen molar-refractivity contribution in [2.75, 3.05) is 20.8 Å². The van der Waals surface area contributed by atoms with Gasteiger partial charge in [-0.15, -0.1) is 0 Å². The van der Waals surface area contributed by atoms with Crippen LogP contribution in [0.3, 0.4) is 0 Å². The number of aromatic amines is 1. The van der Waals surface area contributed by atoms with Gasteiger partial charge in [0.15, 0.2) is 11.5 Å². The van der Waals surface area contributed by atoms with Crippen LogP contribution in [0.2, 0.25) is 0 Å². The van der Waals surface area contributed by atoms with Crippen molar-refractivity contribution < 1.29 is 14.3 Å². The van der Waals surface area contributed by atoms with Crippen LogP contribution in [0.1, 0.15) is 17.0 Å². The Bertz CT molecular complexity index is 996. The van der Waals surface area contributed by atoms with Gasteiger partial charge in [-0.3, -0.25) is 4.79 Å². The summed E-state index contributed by atoms with van der Waals surface area (Å²) < 4.78 is 11.2. The van der Waals surface area contributed by atoms with Gasteiger partial charge in [-0.1, -0.05) is 18.2 Å². The molecule has 0 fully saturated rings. The number of para-hydroxylation sites is 1. The zero-order valence-corrected chi connectivity index (χ0v) is 15.8. The van der Waals surface area contributed by atoms with Gasteiger partial charge in [0.25, 0.3) is 0 Å². The maximum Gasteiger partial charge on any atom is 0.229 e. The molecule has 4 rings (SSSR count). The molecule has 0 saturated carbocycles. The molecule has 140 valence electrons. The molecule has 2 aromatic carbocycles. The van der Waals surface area contributed by atoms with E-state index >= 15 is 0 Å². The van der Waals surface area contributed by atoms with Crippen molar-refractivity contribution in [3.05, 3.63) is 53.3 Å². The number of aromatic nitrogens is 2. The Morgan fingerprint density at radius 2 is 2.22 bits per heavy atom. The van der Waals surface area contributed by atoms with E-state index < -0.39 is 0 Å². The monoisotopic (exact) mass is 365 g/mol. The van der Waals surface area contributed by atoms with Crippen LogP contribution in [0.4, 0.5) is 0 Å². The molecule has 0 spiro atoms. The molecule has 0 saturated heterocycles. The van der Waals surface area contributed by atoms with Gasteiger partial charge in [-0.2, -0.15) is 0 Å². The van der Waals surface area contributed by atoms with Crippen molar-refractivity contribution in [1.29, 1.82) is 0 Å². The van der Waals surface area contributed by atoms with Crippen molar-refractivity contribution in [2.45, 2.75) is 19.9 Å². The minimum Gasteiger partial charge on any atom is -0.493 e. The normalized spacial score (nSPS) is 15.9. The topological polar surface area (TPSA) is 67.5 Å². The number of carbonyl (C=O) groups excluding carboxylic acids is 1. The first-order valence-corrected chi connectivity index (χ1v) is 9.04. The van der Waals surface area contributed by atoms with E-state index in [-0.39, 0.29) is 11.8 Å². The number of amides is 1. The molecule has 0 radical (unpaired) electrons. The molecule has 2 heterocycles. The number of nitrogens with one attached hydrogen (secondary N) is 1. The fraction of sp³-hybridized carbons (Fsp3) is 0.333. The zero-order valence-electron chi connectivity index (χ0n) is 15.8. The summed E-state index contributed by atoms with van der Waals surface area (Å²) in [5.74, 6) is 2.09. The standard InChI is InChI=1S/C21H23N3O3/c1-13-7-8-16-17(9-13)23-19(22-16)11-24(2)21(25)15-10-14-5-4-6-18(26-3)20(14)27-12-15/h4-9,15H,10-12H2,1-3H3,(H,22,23)/t15-/m1/s1. The lowest BCUT2D eigenvalue weighted by Crippen LogP contribution is -2.38. The van der Waals surface area contributed by atoms with Crippen LogP contribution in [0.5, 0.6) is 11.5 Å². The summed E-state index contributed by atoms with van der Waals surface area (Å²) in [4.78, 5) is 22.5. The van der Waals surface area contributed by atoms with E-state index in [1.807, 2.05) is 44.3 Å². The quantitative estimate of drug-likeness (QED) is 0.771. The maximum atomic E-state index is 12.9. The predicted octanol–water partition coefficient (Wildman–Crippen LogP) is 3.09. The Morgan fingerprint density at radius 1 is 1.37 bits per heavy atom. The molecular formula is C21H23N3O3. The first-order valence-electron chi connectivity index (χ1n) is 9.04. The summed E-state index contributed by atoms with van der Waals surface area (Å²) in [5, 5.41) is 0. The molecule has 1 aliphatic heterocycles. The molecule has 1 amide bonds. The Hall–Kier alpha value is -3.02. The number of ether oxygens (including phenoxy) is 2. The first kappa shape index (κ1) is 17.4. The number of H-pyrrole nitrogens is 1. The summed E-state index contributed by atoms with van der Waals surface area (Å²) in [7, 11) is 3.43. The first-order chi connectivity index (χ1) is 13.0. The van der Waals surface area contributed by atoms with Crippen LogP contribution >= 0.6 is 0 Å². The fourth-order valence-corrected chi connectivity index (χ4v) is 3.58. The number of benzene rings is 2. The summed E-state index contributed by atoms with van der Waals surface area (Å²) in [6.45, 7) is 2.84. The van der Waals surface area contributed by atoms with E-state index in [0.717, 1.165) is 28.2 Å². The maximum absolute atomic E-state index is 12.9. The van der Waals surface area contributed by atoms with E-state index in [4.69, 9.17) is 9.47 Å². The summed E-state index contributed by atoms with van der Waals surface area (Å²) in [5.41, 5.74) is 4.09. The van der Waals surface area contributed by atoms with Crippen molar-refractivity contribution in [3.63, 3.8) is 0 Å². The fourth-order valence-electron chi connectivity index (χ4n) is 3.58. The summed E-state index contributed by atoms with van der Waals surface area (Å²) in [6.07, 6.45) is 0.648. The van der Waals surface area contributed by atoms with Gasteiger partial charge < -0.3 is 19.4 Å². The molecule has 27 heavy (non-hydrogen) atoms. The number of nitrogens with zero attached hydrogens (tertiary/aromatic N) is 2. The zero-order chi connectivity index (χ0) is 19.0. The van der Waals surface area contributed by atoms with Gasteiger partial charge in [0.1, 0.15) is 12.4 Å². The van der Waals surface area contributed by atoms with Gasteiger partial charge in [0.2, 0.25) is 5.91 Å². The minimum atomic E-state index is -0.207. The second kappa shape index (κ2) is 6.95. The third-order valence-corrected chi connectivity index (χ3v) is 4.97. The van der Waals surface area contributed by atoms with Crippen LogP contribution < -0.4 is 9.47 Å². The number of carbonyl (C=O) groups is 1. The third kappa shape index (κ3) is 3.35. The number of rotatable bonds is 4. The van der Waals surface area contributed by atoms with Crippen molar-refractivity contribution in [3.8, 4) is 11.5 Å². The molecular weight excluding hydrogens is 342 g/mol.